The molecule has 3 rings (SSSR count). The summed E-state index contributed by atoms with van der Waals surface area (Å²) in [5.41, 5.74) is 5.88. The zero-order valence-electron chi connectivity index (χ0n) is 12.0. The number of nitrogens with one attached hydrogen (secondary N) is 2. The summed E-state index contributed by atoms with van der Waals surface area (Å²) in [4.78, 5) is 13.3. The van der Waals surface area contributed by atoms with Gasteiger partial charge in [0.2, 0.25) is 0 Å². The van der Waals surface area contributed by atoms with Crippen LogP contribution in [0.3, 0.4) is 0 Å². The molecule has 1 heterocycles. The van der Waals surface area contributed by atoms with Gasteiger partial charge < -0.3 is 5.11 Å². The Morgan fingerprint density at radius 2 is 1.91 bits per heavy atom. The van der Waals surface area contributed by atoms with Gasteiger partial charge in [-0.15, -0.1) is 5.75 Å². The average Bonchev–Trinajstić information content (AvgIpc) is 2.87. The van der Waals surface area contributed by atoms with Crippen LogP contribution in [0.4, 0.5) is 5.69 Å². The first kappa shape index (κ1) is 14.0. The minimum absolute atomic E-state index is 0.0556. The lowest BCUT2D eigenvalue weighted by Gasteiger charge is -2.03. The summed E-state index contributed by atoms with van der Waals surface area (Å²) < 4.78 is 0. The summed E-state index contributed by atoms with van der Waals surface area (Å²) in [6.45, 7) is 0. The number of benzene rings is 2. The van der Waals surface area contributed by atoms with E-state index < -0.39 is 0 Å². The maximum Gasteiger partial charge on any atom is 0.277 e. The number of nitrogens with zero attached hydrogens (tertiary/aromatic N) is 1. The molecule has 5 heteroatoms. The van der Waals surface area contributed by atoms with Crippen LogP contribution in [0.2, 0.25) is 0 Å². The quantitative estimate of drug-likeness (QED) is 0.636. The molecule has 22 heavy (non-hydrogen) atoms. The number of carbonyl (C=O) groups is 1. The first-order valence-corrected chi connectivity index (χ1v) is 6.90. The molecule has 110 valence electrons. The summed E-state index contributed by atoms with van der Waals surface area (Å²) in [6, 6.07) is 14.0. The van der Waals surface area contributed by atoms with E-state index in [0.29, 0.717) is 5.57 Å². The molecule has 0 aliphatic carbocycles. The van der Waals surface area contributed by atoms with Crippen molar-refractivity contribution in [2.24, 2.45) is 5.10 Å². The minimum Gasteiger partial charge on any atom is -0.872 e. The molecule has 5 nitrogen and oxygen atoms in total. The topological polar surface area (TPSA) is 69.0 Å². The lowest BCUT2D eigenvalue weighted by atomic mass is 10.1. The number of para-hydroxylation sites is 1. The molecule has 2 N–H and O–H groups in total. The van der Waals surface area contributed by atoms with E-state index in [0.717, 1.165) is 21.7 Å². The maximum absolute atomic E-state index is 12.2. The first-order chi connectivity index (χ1) is 10.6. The molecule has 0 saturated carbocycles. The third-order valence-electron chi connectivity index (χ3n) is 3.51. The van der Waals surface area contributed by atoms with Crippen molar-refractivity contribution in [3.05, 3.63) is 65.9 Å². The Morgan fingerprint density at radius 1 is 1.18 bits per heavy atom. The fraction of sp³-hybridized carbons (Fsp3) is 0.0588. The van der Waals surface area contributed by atoms with E-state index in [1.165, 1.54) is 18.3 Å². The summed E-state index contributed by atoms with van der Waals surface area (Å²) in [5, 5.41) is 14.9. The molecule has 2 aromatic carbocycles. The van der Waals surface area contributed by atoms with Crippen LogP contribution >= 0.6 is 0 Å². The smallest absolute Gasteiger partial charge is 0.277 e. The van der Waals surface area contributed by atoms with Crippen LogP contribution in [0, 0.1) is 0 Å². The monoisotopic (exact) mass is 293 g/mol. The molecule has 0 bridgehead atoms. The van der Waals surface area contributed by atoms with Gasteiger partial charge >= 0.3 is 0 Å². The van der Waals surface area contributed by atoms with Crippen molar-refractivity contribution >= 4 is 23.4 Å². The molecular formula is C17H15N3O2. The molecule has 0 saturated heterocycles. The molecule has 1 amide bonds. The number of carbonyl (C=O) groups excluding carboxylic acids is 1. The Kier molecular flexibility index (Phi) is 3.72. The molecule has 2 aromatic rings. The van der Waals surface area contributed by atoms with Crippen LogP contribution in [-0.4, -0.2) is 19.2 Å². The summed E-state index contributed by atoms with van der Waals surface area (Å²) in [5.74, 6) is -0.305. The number of fused-ring (bicyclic) bond motifs is 1. The molecule has 1 unspecified atom stereocenters. The fourth-order valence-corrected chi connectivity index (χ4v) is 2.40. The largest absolute Gasteiger partial charge is 0.872 e. The zero-order chi connectivity index (χ0) is 15.5. The van der Waals surface area contributed by atoms with Crippen molar-refractivity contribution < 1.29 is 14.8 Å². The third-order valence-corrected chi connectivity index (χ3v) is 3.51. The van der Waals surface area contributed by atoms with Crippen molar-refractivity contribution in [1.29, 1.82) is 0 Å². The van der Waals surface area contributed by atoms with E-state index in [2.05, 4.69) is 10.5 Å². The number of hydrazone groups is 1. The van der Waals surface area contributed by atoms with Gasteiger partial charge in [0.25, 0.3) is 5.91 Å². The van der Waals surface area contributed by atoms with Gasteiger partial charge in [-0.2, -0.15) is 5.10 Å². The fourth-order valence-electron chi connectivity index (χ4n) is 2.40. The van der Waals surface area contributed by atoms with Crippen LogP contribution in [0.5, 0.6) is 5.75 Å². The van der Waals surface area contributed by atoms with Gasteiger partial charge in [-0.25, -0.2) is 5.43 Å². The van der Waals surface area contributed by atoms with Gasteiger partial charge in [0, 0.05) is 6.07 Å². The van der Waals surface area contributed by atoms with Gasteiger partial charge in [0.15, 0.2) is 0 Å². The van der Waals surface area contributed by atoms with Crippen LogP contribution in [0.1, 0.15) is 11.1 Å². The molecule has 1 aliphatic heterocycles. The van der Waals surface area contributed by atoms with Gasteiger partial charge in [-0.3, -0.25) is 9.69 Å². The minimum atomic E-state index is -0.249. The molecule has 0 radical (unpaired) electrons. The molecule has 0 spiro atoms. The van der Waals surface area contributed by atoms with Crippen LogP contribution in [-0.2, 0) is 4.79 Å². The number of quaternary nitrogens is 1. The highest BCUT2D eigenvalue weighted by Crippen LogP contribution is 2.24. The third kappa shape index (κ3) is 2.75. The molecular weight excluding hydrogens is 278 g/mol. The van der Waals surface area contributed by atoms with Gasteiger partial charge in [-0.05, 0) is 11.6 Å². The Morgan fingerprint density at radius 3 is 2.68 bits per heavy atom. The van der Waals surface area contributed by atoms with Gasteiger partial charge in [0.05, 0.1) is 18.8 Å². The SMILES string of the molecule is C[NH+]1C=C(C(=O)NN=Cc2ccc([O-])cc2)c2ccccc21. The van der Waals surface area contributed by atoms with Gasteiger partial charge in [0.1, 0.15) is 17.5 Å². The second kappa shape index (κ2) is 5.83. The van der Waals surface area contributed by atoms with E-state index in [9.17, 15) is 9.90 Å². The second-order valence-electron chi connectivity index (χ2n) is 5.05. The number of hydrogen-bond donors (Lipinski definition) is 2. The summed E-state index contributed by atoms with van der Waals surface area (Å²) in [7, 11) is 1.98. The van der Waals surface area contributed by atoms with Crippen LogP contribution in [0.25, 0.3) is 5.57 Å². The van der Waals surface area contributed by atoms with E-state index in [4.69, 9.17) is 0 Å². The van der Waals surface area contributed by atoms with E-state index in [1.54, 1.807) is 12.1 Å². The van der Waals surface area contributed by atoms with Crippen molar-refractivity contribution in [3.63, 3.8) is 0 Å². The summed E-state index contributed by atoms with van der Waals surface area (Å²) in [6.07, 6.45) is 3.37. The Labute approximate surface area is 128 Å². The Balaban J connectivity index is 1.71. The maximum atomic E-state index is 12.2. The predicted molar refractivity (Wildman–Crippen MR) is 82.6 cm³/mol. The highest BCUT2D eigenvalue weighted by Gasteiger charge is 2.27. The van der Waals surface area contributed by atoms with Crippen molar-refractivity contribution in [2.75, 3.05) is 7.05 Å². The summed E-state index contributed by atoms with van der Waals surface area (Å²) >= 11 is 0. The standard InChI is InChI=1S/C17H15N3O2/c1-20-11-15(14-4-2-3-5-16(14)20)17(22)19-18-10-12-6-8-13(21)9-7-12/h2-11,21H,1H3,(H,19,22). The van der Waals surface area contributed by atoms with E-state index in [1.807, 2.05) is 37.5 Å². The molecule has 0 aromatic heterocycles. The van der Waals surface area contributed by atoms with Crippen molar-refractivity contribution in [1.82, 2.24) is 5.43 Å². The van der Waals surface area contributed by atoms with Crippen molar-refractivity contribution in [2.45, 2.75) is 0 Å². The van der Waals surface area contributed by atoms with E-state index >= 15 is 0 Å². The van der Waals surface area contributed by atoms with Crippen molar-refractivity contribution in [3.8, 4) is 5.75 Å². The lowest BCUT2D eigenvalue weighted by Crippen LogP contribution is -2.97. The Bertz CT molecular complexity index is 764. The second-order valence-corrected chi connectivity index (χ2v) is 5.05. The molecule has 1 atom stereocenters. The average molecular weight is 293 g/mol. The number of rotatable bonds is 3. The Hall–Kier alpha value is -2.92. The van der Waals surface area contributed by atoms with E-state index in [-0.39, 0.29) is 11.7 Å². The van der Waals surface area contributed by atoms with Crippen LogP contribution < -0.4 is 15.4 Å². The highest BCUT2D eigenvalue weighted by molar-refractivity contribution is 6.21. The number of amides is 1. The zero-order valence-corrected chi connectivity index (χ0v) is 12.0. The highest BCUT2D eigenvalue weighted by atomic mass is 16.3. The molecule has 1 aliphatic rings. The normalized spacial score (nSPS) is 16.4. The lowest BCUT2D eigenvalue weighted by molar-refractivity contribution is -0.747. The number of hydrogen-bond acceptors (Lipinski definition) is 3. The first-order valence-electron chi connectivity index (χ1n) is 6.90. The predicted octanol–water partition coefficient (Wildman–Crippen LogP) is 0.411. The van der Waals surface area contributed by atoms with Gasteiger partial charge in [-0.1, -0.05) is 36.4 Å². The van der Waals surface area contributed by atoms with Crippen LogP contribution in [0.15, 0.2) is 59.8 Å². The molecule has 0 fully saturated rings.